The van der Waals surface area contributed by atoms with Crippen molar-refractivity contribution in [1.29, 1.82) is 0 Å². The first-order valence-corrected chi connectivity index (χ1v) is 6.28. The van der Waals surface area contributed by atoms with E-state index in [2.05, 4.69) is 15.6 Å². The zero-order chi connectivity index (χ0) is 13.2. The van der Waals surface area contributed by atoms with Gasteiger partial charge in [-0.1, -0.05) is 6.07 Å². The molecule has 3 rings (SSSR count). The summed E-state index contributed by atoms with van der Waals surface area (Å²) in [4.78, 5) is 15.2. The highest BCUT2D eigenvalue weighted by molar-refractivity contribution is 5.85. The van der Waals surface area contributed by atoms with Crippen LogP contribution >= 0.6 is 0 Å². The lowest BCUT2D eigenvalue weighted by atomic mass is 10.0. The molecule has 2 atom stereocenters. The first kappa shape index (κ1) is 11.9. The number of fused-ring (bicyclic) bond motifs is 1. The minimum absolute atomic E-state index is 0.0724. The molecule has 0 spiro atoms. The van der Waals surface area contributed by atoms with Gasteiger partial charge in [0.2, 0.25) is 0 Å². The average Bonchev–Trinajstić information content (AvgIpc) is 2.87. The molecule has 0 unspecified atom stereocenters. The van der Waals surface area contributed by atoms with Gasteiger partial charge in [-0.2, -0.15) is 0 Å². The molecule has 1 saturated heterocycles. The van der Waals surface area contributed by atoms with Crippen LogP contribution in [-0.4, -0.2) is 35.2 Å². The molecule has 1 aromatic carbocycles. The number of hydrogen-bond acceptors (Lipinski definition) is 4. The maximum absolute atomic E-state index is 11.1. The molecule has 0 saturated carbocycles. The van der Waals surface area contributed by atoms with Crippen molar-refractivity contribution in [2.75, 3.05) is 18.4 Å². The molecular weight excluding hydrogens is 242 g/mol. The molecule has 1 aliphatic rings. The second kappa shape index (κ2) is 4.85. The summed E-state index contributed by atoms with van der Waals surface area (Å²) < 4.78 is 0. The Kier molecular flexibility index (Phi) is 3.05. The third-order valence-electron chi connectivity index (χ3n) is 3.52. The van der Waals surface area contributed by atoms with Crippen LogP contribution in [0.1, 0.15) is 0 Å². The topological polar surface area (TPSA) is 74.2 Å². The molecule has 2 aromatic rings. The summed E-state index contributed by atoms with van der Waals surface area (Å²) in [5.41, 5.74) is 0.943. The quantitative estimate of drug-likeness (QED) is 0.773. The molecular formula is C14H15N3O2. The van der Waals surface area contributed by atoms with Gasteiger partial charge in [-0.15, -0.1) is 0 Å². The standard InChI is InChI=1S/C14H15N3O2/c18-14(19)12-7-16-8-13(12)17-11-2-1-10-6-15-4-3-9(10)5-11/h1-6,12-13,16-17H,7-8H2,(H,18,19)/t12-,13-/m0/s1. The van der Waals surface area contributed by atoms with Crippen LogP contribution in [0.5, 0.6) is 0 Å². The summed E-state index contributed by atoms with van der Waals surface area (Å²) in [5.74, 6) is -1.14. The van der Waals surface area contributed by atoms with E-state index in [1.54, 1.807) is 6.20 Å². The largest absolute Gasteiger partial charge is 0.481 e. The number of hydrogen-bond donors (Lipinski definition) is 3. The fourth-order valence-corrected chi connectivity index (χ4v) is 2.48. The number of rotatable bonds is 3. The monoisotopic (exact) mass is 257 g/mol. The zero-order valence-electron chi connectivity index (χ0n) is 10.3. The van der Waals surface area contributed by atoms with E-state index in [-0.39, 0.29) is 12.0 Å². The molecule has 5 nitrogen and oxygen atoms in total. The van der Waals surface area contributed by atoms with Crippen LogP contribution in [-0.2, 0) is 4.79 Å². The van der Waals surface area contributed by atoms with E-state index in [1.165, 1.54) is 0 Å². The van der Waals surface area contributed by atoms with Gasteiger partial charge in [-0.25, -0.2) is 0 Å². The fraction of sp³-hybridized carbons (Fsp3) is 0.286. The van der Waals surface area contributed by atoms with E-state index in [9.17, 15) is 4.79 Å². The Morgan fingerprint density at radius 2 is 2.21 bits per heavy atom. The van der Waals surface area contributed by atoms with E-state index in [1.807, 2.05) is 30.5 Å². The van der Waals surface area contributed by atoms with Crippen molar-refractivity contribution in [3.8, 4) is 0 Å². The highest BCUT2D eigenvalue weighted by Gasteiger charge is 2.32. The number of carbonyl (C=O) groups is 1. The number of anilines is 1. The zero-order valence-corrected chi connectivity index (χ0v) is 10.3. The van der Waals surface area contributed by atoms with Gasteiger partial charge in [0.1, 0.15) is 0 Å². The lowest BCUT2D eigenvalue weighted by molar-refractivity contribution is -0.141. The SMILES string of the molecule is O=C(O)[C@H]1CNC[C@@H]1Nc1ccc2cnccc2c1. The van der Waals surface area contributed by atoms with Crippen molar-refractivity contribution in [2.24, 2.45) is 5.92 Å². The van der Waals surface area contributed by atoms with Crippen LogP contribution in [0.4, 0.5) is 5.69 Å². The second-order valence-electron chi connectivity index (χ2n) is 4.79. The van der Waals surface area contributed by atoms with Crippen LogP contribution in [0.3, 0.4) is 0 Å². The molecule has 0 amide bonds. The first-order chi connectivity index (χ1) is 9.24. The van der Waals surface area contributed by atoms with Crippen LogP contribution < -0.4 is 10.6 Å². The van der Waals surface area contributed by atoms with Gasteiger partial charge in [-0.3, -0.25) is 9.78 Å². The van der Waals surface area contributed by atoms with Crippen molar-refractivity contribution in [1.82, 2.24) is 10.3 Å². The summed E-state index contributed by atoms with van der Waals surface area (Å²) in [6, 6.07) is 7.84. The Morgan fingerprint density at radius 1 is 1.32 bits per heavy atom. The summed E-state index contributed by atoms with van der Waals surface area (Å²) in [7, 11) is 0. The van der Waals surface area contributed by atoms with Crippen LogP contribution in [0, 0.1) is 5.92 Å². The maximum atomic E-state index is 11.1. The molecule has 1 aromatic heterocycles. The summed E-state index contributed by atoms with van der Waals surface area (Å²) in [5, 5.41) is 17.7. The third kappa shape index (κ3) is 2.37. The Hall–Kier alpha value is -2.14. The van der Waals surface area contributed by atoms with Crippen molar-refractivity contribution < 1.29 is 9.90 Å². The number of nitrogens with zero attached hydrogens (tertiary/aromatic N) is 1. The normalized spacial score (nSPS) is 22.5. The van der Waals surface area contributed by atoms with E-state index in [0.29, 0.717) is 13.1 Å². The predicted molar refractivity (Wildman–Crippen MR) is 73.1 cm³/mol. The molecule has 2 heterocycles. The number of benzene rings is 1. The summed E-state index contributed by atoms with van der Waals surface area (Å²) in [6.45, 7) is 1.19. The van der Waals surface area contributed by atoms with Gasteiger partial charge in [0.05, 0.1) is 12.0 Å². The smallest absolute Gasteiger partial charge is 0.309 e. The Balaban J connectivity index is 1.83. The highest BCUT2D eigenvalue weighted by atomic mass is 16.4. The molecule has 0 aliphatic carbocycles. The molecule has 19 heavy (non-hydrogen) atoms. The maximum Gasteiger partial charge on any atom is 0.309 e. The Labute approximate surface area is 110 Å². The Bertz CT molecular complexity index is 614. The van der Waals surface area contributed by atoms with Gasteiger partial charge in [0.15, 0.2) is 0 Å². The van der Waals surface area contributed by atoms with Gasteiger partial charge >= 0.3 is 5.97 Å². The van der Waals surface area contributed by atoms with E-state index < -0.39 is 5.97 Å². The van der Waals surface area contributed by atoms with Gasteiger partial charge in [0, 0.05) is 36.6 Å². The lowest BCUT2D eigenvalue weighted by Crippen LogP contribution is -2.33. The van der Waals surface area contributed by atoms with Gasteiger partial charge < -0.3 is 15.7 Å². The number of aromatic nitrogens is 1. The second-order valence-corrected chi connectivity index (χ2v) is 4.79. The molecule has 98 valence electrons. The first-order valence-electron chi connectivity index (χ1n) is 6.28. The van der Waals surface area contributed by atoms with E-state index in [0.717, 1.165) is 16.5 Å². The average molecular weight is 257 g/mol. The van der Waals surface area contributed by atoms with Crippen LogP contribution in [0.15, 0.2) is 36.7 Å². The highest BCUT2D eigenvalue weighted by Crippen LogP contribution is 2.21. The molecule has 0 bridgehead atoms. The molecule has 1 aliphatic heterocycles. The van der Waals surface area contributed by atoms with Crippen molar-refractivity contribution in [2.45, 2.75) is 6.04 Å². The predicted octanol–water partition coefficient (Wildman–Crippen LogP) is 1.32. The lowest BCUT2D eigenvalue weighted by Gasteiger charge is -2.18. The number of carboxylic acid groups (broad SMARTS) is 1. The minimum Gasteiger partial charge on any atom is -0.481 e. The third-order valence-corrected chi connectivity index (χ3v) is 3.52. The minimum atomic E-state index is -0.757. The molecule has 3 N–H and O–H groups in total. The van der Waals surface area contributed by atoms with Gasteiger partial charge in [-0.05, 0) is 23.6 Å². The summed E-state index contributed by atoms with van der Waals surface area (Å²) >= 11 is 0. The molecule has 5 heteroatoms. The summed E-state index contributed by atoms with van der Waals surface area (Å²) in [6.07, 6.45) is 3.57. The van der Waals surface area contributed by atoms with Crippen LogP contribution in [0.25, 0.3) is 10.8 Å². The van der Waals surface area contributed by atoms with Crippen molar-refractivity contribution in [3.63, 3.8) is 0 Å². The fourth-order valence-electron chi connectivity index (χ4n) is 2.48. The molecule has 1 fully saturated rings. The van der Waals surface area contributed by atoms with Gasteiger partial charge in [0.25, 0.3) is 0 Å². The number of aliphatic carboxylic acids is 1. The van der Waals surface area contributed by atoms with Crippen molar-refractivity contribution in [3.05, 3.63) is 36.7 Å². The van der Waals surface area contributed by atoms with Crippen molar-refractivity contribution >= 4 is 22.4 Å². The van der Waals surface area contributed by atoms with E-state index >= 15 is 0 Å². The van der Waals surface area contributed by atoms with Crippen LogP contribution in [0.2, 0.25) is 0 Å². The molecule has 0 radical (unpaired) electrons. The number of carboxylic acids is 1. The Morgan fingerprint density at radius 3 is 3.05 bits per heavy atom. The van der Waals surface area contributed by atoms with E-state index in [4.69, 9.17) is 5.11 Å². The number of pyridine rings is 1. The number of nitrogens with one attached hydrogen (secondary N) is 2.